The summed E-state index contributed by atoms with van der Waals surface area (Å²) in [5.41, 5.74) is 1.15. The summed E-state index contributed by atoms with van der Waals surface area (Å²) in [7, 11) is 0. The maximum atomic E-state index is 13.2. The third kappa shape index (κ3) is 2.55. The molecule has 24 heavy (non-hydrogen) atoms. The summed E-state index contributed by atoms with van der Waals surface area (Å²) in [6.45, 7) is 8.67. The minimum absolute atomic E-state index is 0.0992. The molecular weight excluding hydrogens is 411 g/mol. The van der Waals surface area contributed by atoms with E-state index in [-0.39, 0.29) is 5.41 Å². The Morgan fingerprint density at radius 2 is 1.96 bits per heavy atom. The monoisotopic (exact) mass is 444 g/mol. The van der Waals surface area contributed by atoms with E-state index in [2.05, 4.69) is 19.9 Å². The number of carbonyl (C=O) groups excluding carboxylic acids is 2. The van der Waals surface area contributed by atoms with Gasteiger partial charge in [0.1, 0.15) is 0 Å². The Morgan fingerprint density at radius 3 is 2.67 bits per heavy atom. The van der Waals surface area contributed by atoms with Gasteiger partial charge < -0.3 is 0 Å². The zero-order chi connectivity index (χ0) is 17.5. The van der Waals surface area contributed by atoms with Crippen LogP contribution in [0.25, 0.3) is 0 Å². The van der Waals surface area contributed by atoms with Crippen molar-refractivity contribution in [3.8, 4) is 0 Å². The van der Waals surface area contributed by atoms with Crippen LogP contribution in [0.4, 0.5) is 0 Å². The van der Waals surface area contributed by atoms with Gasteiger partial charge in [0, 0.05) is 0 Å². The topological polar surface area (TPSA) is 34.1 Å². The van der Waals surface area contributed by atoms with E-state index in [0.29, 0.717) is 25.5 Å². The molecule has 2 aliphatic heterocycles. The molecule has 4 rings (SSSR count). The second kappa shape index (κ2) is 6.85. The van der Waals surface area contributed by atoms with Crippen LogP contribution in [0.3, 0.4) is 0 Å². The van der Waals surface area contributed by atoms with Crippen LogP contribution in [0, 0.1) is 16.7 Å². The van der Waals surface area contributed by atoms with Gasteiger partial charge in [-0.2, -0.15) is 0 Å². The van der Waals surface area contributed by atoms with Crippen LogP contribution < -0.4 is 0 Å². The number of hydrogen-bond acceptors (Lipinski definition) is 2. The fourth-order valence-electron chi connectivity index (χ4n) is 5.91. The summed E-state index contributed by atoms with van der Waals surface area (Å²) in [5, 5.41) is 0. The van der Waals surface area contributed by atoms with E-state index in [9.17, 15) is 9.59 Å². The second-order valence-electron chi connectivity index (χ2n) is 8.26. The van der Waals surface area contributed by atoms with E-state index in [1.54, 1.807) is 0 Å². The van der Waals surface area contributed by atoms with Gasteiger partial charge in [0.05, 0.1) is 0 Å². The molecule has 0 radical (unpaired) electrons. The summed E-state index contributed by atoms with van der Waals surface area (Å²) in [6, 6.07) is 0. The third-order valence-corrected chi connectivity index (χ3v) is 16.6. The number of hydrogen-bond donors (Lipinski definition) is 0. The van der Waals surface area contributed by atoms with Gasteiger partial charge in [0.25, 0.3) is 0 Å². The van der Waals surface area contributed by atoms with Crippen molar-refractivity contribution in [2.24, 2.45) is 16.7 Å². The van der Waals surface area contributed by atoms with Crippen molar-refractivity contribution >= 4 is 31.9 Å². The number of aldehydes is 1. The van der Waals surface area contributed by atoms with Crippen LogP contribution in [0.5, 0.6) is 0 Å². The van der Waals surface area contributed by atoms with Crippen molar-refractivity contribution in [3.05, 3.63) is 11.6 Å². The van der Waals surface area contributed by atoms with Crippen molar-refractivity contribution in [2.75, 3.05) is 4.43 Å². The predicted octanol–water partition coefficient (Wildman–Crippen LogP) is 5.36. The van der Waals surface area contributed by atoms with E-state index in [0.717, 1.165) is 24.2 Å². The average Bonchev–Trinajstić information content (AvgIpc) is 2.91. The minimum atomic E-state index is -1.35. The van der Waals surface area contributed by atoms with Crippen molar-refractivity contribution in [1.29, 1.82) is 0 Å². The first-order valence-corrected chi connectivity index (χ1v) is 13.8. The number of rotatable bonds is 1. The SMILES string of the molecule is CC.CC12CC(=O)C3I(CCC4CCCCC43C)C1CC=C2C=O. The fourth-order valence-corrected chi connectivity index (χ4v) is 16.6. The first-order chi connectivity index (χ1) is 11.5. The molecule has 0 bridgehead atoms. The average molecular weight is 444 g/mol. The molecule has 136 valence electrons. The second-order valence-corrected chi connectivity index (χ2v) is 14.6. The molecule has 0 amide bonds. The van der Waals surface area contributed by atoms with Crippen LogP contribution >= 0.6 is 19.8 Å². The number of allylic oxidation sites excluding steroid dienone is 2. The standard InChI is InChI=1S/C19H27IO2.C2H6/c1-18-9-4-3-5-13(18)8-10-20-16-7-6-14(12-21)19(16,2)11-15(22)17(18)20;1-2/h6,12-13,16-17H,3-5,7-11H2,1-2H3;1-2H3. The molecule has 0 spiro atoms. The van der Waals surface area contributed by atoms with Crippen LogP contribution in [0.15, 0.2) is 11.6 Å². The van der Waals surface area contributed by atoms with E-state index >= 15 is 0 Å². The molecule has 1 saturated carbocycles. The third-order valence-electron chi connectivity index (χ3n) is 7.17. The zero-order valence-electron chi connectivity index (χ0n) is 15.7. The summed E-state index contributed by atoms with van der Waals surface area (Å²) in [6.07, 6.45) is 11.6. The molecule has 4 aliphatic rings. The Morgan fingerprint density at radius 1 is 1.21 bits per heavy atom. The Labute approximate surface area is 154 Å². The Kier molecular flexibility index (Phi) is 5.30. The quantitative estimate of drug-likeness (QED) is 0.310. The molecule has 2 nitrogen and oxygen atoms in total. The van der Waals surface area contributed by atoms with Gasteiger partial charge in [0.15, 0.2) is 0 Å². The number of Topliss-reactive ketones (excluding diaryl/α,β-unsaturated/α-hetero) is 1. The van der Waals surface area contributed by atoms with Gasteiger partial charge in [-0.3, -0.25) is 0 Å². The van der Waals surface area contributed by atoms with Gasteiger partial charge in [-0.1, -0.05) is 13.8 Å². The summed E-state index contributed by atoms with van der Waals surface area (Å²) in [5.74, 6) is 1.33. The number of ketones is 1. The van der Waals surface area contributed by atoms with Crippen LogP contribution in [0.2, 0.25) is 0 Å². The van der Waals surface area contributed by atoms with Crippen molar-refractivity contribution < 1.29 is 9.59 Å². The zero-order valence-corrected chi connectivity index (χ0v) is 17.9. The summed E-state index contributed by atoms with van der Waals surface area (Å²) >= 11 is -1.35. The van der Waals surface area contributed by atoms with Crippen LogP contribution in [-0.4, -0.2) is 24.3 Å². The van der Waals surface area contributed by atoms with Gasteiger partial charge in [-0.05, 0) is 0 Å². The van der Waals surface area contributed by atoms with E-state index < -0.39 is 19.8 Å². The fraction of sp³-hybridized carbons (Fsp3) is 0.810. The maximum absolute atomic E-state index is 13.2. The van der Waals surface area contributed by atoms with E-state index in [1.165, 1.54) is 36.5 Å². The molecule has 3 fully saturated rings. The number of halogens is 1. The molecule has 2 aliphatic carbocycles. The molecule has 2 saturated heterocycles. The van der Waals surface area contributed by atoms with Gasteiger partial charge >= 0.3 is 141 Å². The first kappa shape index (κ1) is 18.6. The van der Waals surface area contributed by atoms with Gasteiger partial charge in [-0.15, -0.1) is 0 Å². The normalized spacial score (nSPS) is 45.2. The Balaban J connectivity index is 0.000000815. The van der Waals surface area contributed by atoms with Crippen molar-refractivity contribution in [1.82, 2.24) is 0 Å². The van der Waals surface area contributed by atoms with Gasteiger partial charge in [0.2, 0.25) is 0 Å². The first-order valence-electron chi connectivity index (χ1n) is 9.82. The molecule has 0 N–H and O–H groups in total. The summed E-state index contributed by atoms with van der Waals surface area (Å²) < 4.78 is 2.47. The van der Waals surface area contributed by atoms with Crippen molar-refractivity contribution in [3.63, 3.8) is 0 Å². The van der Waals surface area contributed by atoms with Crippen LogP contribution in [-0.2, 0) is 9.59 Å². The van der Waals surface area contributed by atoms with E-state index in [1.807, 2.05) is 13.8 Å². The molecule has 5 atom stereocenters. The molecule has 2 heterocycles. The molecule has 0 aromatic heterocycles. The molecule has 0 aromatic carbocycles. The molecular formula is C21H33IO2. The van der Waals surface area contributed by atoms with Crippen LogP contribution in [0.1, 0.15) is 72.6 Å². The number of fused-ring (bicyclic) bond motifs is 5. The molecule has 0 aromatic rings. The van der Waals surface area contributed by atoms with Gasteiger partial charge in [-0.25, -0.2) is 0 Å². The molecule has 3 heteroatoms. The number of alkyl halides is 3. The van der Waals surface area contributed by atoms with Crippen molar-refractivity contribution in [2.45, 2.75) is 80.5 Å². The predicted molar refractivity (Wildman–Crippen MR) is 109 cm³/mol. The Hall–Kier alpha value is -0.190. The Bertz CT molecular complexity index is 554. The number of carbonyl (C=O) groups is 2. The van der Waals surface area contributed by atoms with E-state index in [4.69, 9.17) is 0 Å². The molecule has 5 unspecified atom stereocenters. The summed E-state index contributed by atoms with van der Waals surface area (Å²) in [4.78, 5) is 24.7.